The third-order valence-corrected chi connectivity index (χ3v) is 3.84. The highest BCUT2D eigenvalue weighted by Crippen LogP contribution is 2.24. The van der Waals surface area contributed by atoms with Crippen LogP contribution in [-0.2, 0) is 16.0 Å². The van der Waals surface area contributed by atoms with Crippen molar-refractivity contribution < 1.29 is 14.3 Å². The minimum Gasteiger partial charge on any atom is -0.444 e. The molecule has 1 fully saturated rings. The van der Waals surface area contributed by atoms with E-state index >= 15 is 0 Å². The summed E-state index contributed by atoms with van der Waals surface area (Å²) in [6.45, 7) is 8.16. The van der Waals surface area contributed by atoms with Crippen LogP contribution in [-0.4, -0.2) is 41.1 Å². The second-order valence-corrected chi connectivity index (χ2v) is 7.50. The average molecular weight is 339 g/mol. The number of alkyl carbamates (subject to hydrolysis) is 1. The molecule has 1 aromatic carbocycles. The van der Waals surface area contributed by atoms with Crippen molar-refractivity contribution in [2.45, 2.75) is 45.3 Å². The molecule has 6 heteroatoms. The molecule has 1 aromatic rings. The fourth-order valence-electron chi connectivity index (χ4n) is 2.54. The molecule has 2 rings (SSSR count). The van der Waals surface area contributed by atoms with E-state index in [0.717, 1.165) is 12.0 Å². The van der Waals surface area contributed by atoms with E-state index in [2.05, 4.69) is 5.32 Å². The molecule has 2 amide bonds. The molecule has 0 aliphatic carbocycles. The number of ether oxygens (including phenoxy) is 1. The van der Waals surface area contributed by atoms with E-state index in [4.69, 9.17) is 16.3 Å². The molecule has 0 radical (unpaired) electrons. The summed E-state index contributed by atoms with van der Waals surface area (Å²) in [6.07, 6.45) is 0.164. The van der Waals surface area contributed by atoms with E-state index in [-0.39, 0.29) is 5.91 Å². The largest absolute Gasteiger partial charge is 0.444 e. The first-order valence-electron chi connectivity index (χ1n) is 7.64. The molecular weight excluding hydrogens is 316 g/mol. The van der Waals surface area contributed by atoms with E-state index in [9.17, 15) is 9.59 Å². The first-order chi connectivity index (χ1) is 10.6. The molecule has 126 valence electrons. The molecule has 1 unspecified atom stereocenters. The van der Waals surface area contributed by atoms with Gasteiger partial charge in [0.2, 0.25) is 5.91 Å². The Balaban J connectivity index is 1.84. The predicted molar refractivity (Wildman–Crippen MR) is 89.5 cm³/mol. The van der Waals surface area contributed by atoms with Crippen molar-refractivity contribution in [3.63, 3.8) is 0 Å². The molecule has 1 aliphatic heterocycles. The Bertz CT molecular complexity index is 612. The molecule has 0 bridgehead atoms. The van der Waals surface area contributed by atoms with Crippen LogP contribution >= 0.6 is 11.6 Å². The molecule has 1 aliphatic rings. The lowest BCUT2D eigenvalue weighted by Gasteiger charge is -2.46. The van der Waals surface area contributed by atoms with Crippen molar-refractivity contribution >= 4 is 23.6 Å². The van der Waals surface area contributed by atoms with E-state index in [1.807, 2.05) is 24.3 Å². The summed E-state index contributed by atoms with van der Waals surface area (Å²) in [7, 11) is 0. The topological polar surface area (TPSA) is 58.6 Å². The van der Waals surface area contributed by atoms with Crippen LogP contribution < -0.4 is 5.32 Å². The zero-order chi connectivity index (χ0) is 17.3. The first kappa shape index (κ1) is 17.6. The Labute approximate surface area is 141 Å². The van der Waals surface area contributed by atoms with E-state index in [1.165, 1.54) is 0 Å². The summed E-state index contributed by atoms with van der Waals surface area (Å²) >= 11 is 5.95. The fraction of sp³-hybridized carbons (Fsp3) is 0.529. The van der Waals surface area contributed by atoms with Crippen molar-refractivity contribution in [3.8, 4) is 0 Å². The number of carbonyl (C=O) groups is 2. The number of carbonyl (C=O) groups excluding carboxylic acids is 2. The normalized spacial score (nSPS) is 20.9. The molecule has 1 atom stereocenters. The predicted octanol–water partition coefficient (Wildman–Crippen LogP) is 3.01. The average Bonchev–Trinajstić information content (AvgIpc) is 2.41. The van der Waals surface area contributed by atoms with Gasteiger partial charge < -0.3 is 15.0 Å². The Morgan fingerprint density at radius 3 is 2.70 bits per heavy atom. The van der Waals surface area contributed by atoms with Crippen molar-refractivity contribution in [1.82, 2.24) is 10.2 Å². The number of β-lactam (4-membered cyclic amide) rings is 1. The van der Waals surface area contributed by atoms with Gasteiger partial charge in [0, 0.05) is 11.6 Å². The Morgan fingerprint density at radius 1 is 1.43 bits per heavy atom. The van der Waals surface area contributed by atoms with Gasteiger partial charge in [-0.2, -0.15) is 0 Å². The van der Waals surface area contributed by atoms with Gasteiger partial charge in [-0.25, -0.2) is 4.79 Å². The number of likely N-dealkylation sites (tertiary alicyclic amines) is 1. The molecule has 1 N–H and O–H groups in total. The van der Waals surface area contributed by atoms with E-state index in [0.29, 0.717) is 18.1 Å². The van der Waals surface area contributed by atoms with Gasteiger partial charge in [0.05, 0.1) is 6.54 Å². The lowest BCUT2D eigenvalue weighted by molar-refractivity contribution is -0.151. The molecule has 1 heterocycles. The molecule has 23 heavy (non-hydrogen) atoms. The third kappa shape index (κ3) is 4.61. The molecule has 5 nitrogen and oxygen atoms in total. The number of hydrogen-bond acceptors (Lipinski definition) is 3. The maximum absolute atomic E-state index is 12.3. The highest BCUT2D eigenvalue weighted by Gasteiger charge is 2.49. The van der Waals surface area contributed by atoms with Crippen LogP contribution in [0.5, 0.6) is 0 Å². The Hall–Kier alpha value is -1.75. The number of nitrogens with one attached hydrogen (secondary N) is 1. The fourth-order valence-corrected chi connectivity index (χ4v) is 2.75. The highest BCUT2D eigenvalue weighted by molar-refractivity contribution is 6.30. The number of nitrogens with zero attached hydrogens (tertiary/aromatic N) is 1. The van der Waals surface area contributed by atoms with E-state index in [1.54, 1.807) is 32.6 Å². The van der Waals surface area contributed by atoms with Gasteiger partial charge in [0.15, 0.2) is 0 Å². The van der Waals surface area contributed by atoms with Gasteiger partial charge in [0.25, 0.3) is 0 Å². The number of halogens is 1. The zero-order valence-corrected chi connectivity index (χ0v) is 14.7. The minimum absolute atomic E-state index is 0.0922. The summed E-state index contributed by atoms with van der Waals surface area (Å²) < 4.78 is 5.20. The summed E-state index contributed by atoms with van der Waals surface area (Å²) in [4.78, 5) is 25.8. The van der Waals surface area contributed by atoms with Crippen molar-refractivity contribution in [2.24, 2.45) is 0 Å². The van der Waals surface area contributed by atoms with Crippen LogP contribution in [0.25, 0.3) is 0 Å². The Morgan fingerprint density at radius 2 is 2.13 bits per heavy atom. The van der Waals surface area contributed by atoms with Crippen LogP contribution in [0.2, 0.25) is 5.02 Å². The van der Waals surface area contributed by atoms with Crippen LogP contribution in [0, 0.1) is 0 Å². The van der Waals surface area contributed by atoms with E-state index < -0.39 is 17.2 Å². The van der Waals surface area contributed by atoms with Gasteiger partial charge in [-0.1, -0.05) is 23.7 Å². The number of benzene rings is 1. The zero-order valence-electron chi connectivity index (χ0n) is 14.0. The maximum Gasteiger partial charge on any atom is 0.408 e. The second kappa shape index (κ2) is 6.40. The summed E-state index contributed by atoms with van der Waals surface area (Å²) in [6, 6.07) is 7.59. The smallest absolute Gasteiger partial charge is 0.408 e. The SMILES string of the molecule is CC(C)(C)OC(=O)NC1(C)CN(CCc2cccc(Cl)c2)C1=O. The van der Waals surface area contributed by atoms with Crippen LogP contribution in [0.15, 0.2) is 24.3 Å². The van der Waals surface area contributed by atoms with Crippen molar-refractivity contribution in [1.29, 1.82) is 0 Å². The first-order valence-corrected chi connectivity index (χ1v) is 8.02. The molecule has 0 saturated carbocycles. The van der Waals surface area contributed by atoms with Crippen LogP contribution in [0.1, 0.15) is 33.3 Å². The van der Waals surface area contributed by atoms with Gasteiger partial charge in [-0.3, -0.25) is 4.79 Å². The third-order valence-electron chi connectivity index (χ3n) is 3.60. The summed E-state index contributed by atoms with van der Waals surface area (Å²) in [5.41, 5.74) is -0.380. The maximum atomic E-state index is 12.3. The molecular formula is C17H23ClN2O3. The summed E-state index contributed by atoms with van der Waals surface area (Å²) in [5.74, 6) is -0.0922. The lowest BCUT2D eigenvalue weighted by atomic mass is 9.90. The van der Waals surface area contributed by atoms with Crippen LogP contribution in [0.4, 0.5) is 4.79 Å². The van der Waals surface area contributed by atoms with Crippen molar-refractivity contribution in [2.75, 3.05) is 13.1 Å². The molecule has 0 aromatic heterocycles. The minimum atomic E-state index is -0.878. The highest BCUT2D eigenvalue weighted by atomic mass is 35.5. The Kier molecular flexibility index (Phi) is 4.90. The number of rotatable bonds is 4. The summed E-state index contributed by atoms with van der Waals surface area (Å²) in [5, 5.41) is 3.35. The molecule has 1 saturated heterocycles. The standard InChI is InChI=1S/C17H23ClN2O3/c1-16(2,3)23-15(22)19-17(4)11-20(14(17)21)9-8-12-6-5-7-13(18)10-12/h5-7,10H,8-9,11H2,1-4H3,(H,19,22). The second-order valence-electron chi connectivity index (χ2n) is 7.07. The number of hydrogen-bond donors (Lipinski definition) is 1. The van der Waals surface area contributed by atoms with Crippen LogP contribution in [0.3, 0.4) is 0 Å². The lowest BCUT2D eigenvalue weighted by Crippen LogP contribution is -2.73. The number of amides is 2. The van der Waals surface area contributed by atoms with Gasteiger partial charge in [0.1, 0.15) is 11.1 Å². The van der Waals surface area contributed by atoms with Gasteiger partial charge >= 0.3 is 6.09 Å². The molecule has 0 spiro atoms. The van der Waals surface area contributed by atoms with Gasteiger partial charge in [-0.15, -0.1) is 0 Å². The quantitative estimate of drug-likeness (QED) is 0.858. The van der Waals surface area contributed by atoms with Crippen molar-refractivity contribution in [3.05, 3.63) is 34.9 Å². The van der Waals surface area contributed by atoms with Gasteiger partial charge in [-0.05, 0) is 51.8 Å². The monoisotopic (exact) mass is 338 g/mol.